The molecule has 2 saturated heterocycles. The first kappa shape index (κ1) is 12.2. The van der Waals surface area contributed by atoms with E-state index >= 15 is 0 Å². The van der Waals surface area contributed by atoms with E-state index in [0.29, 0.717) is 6.54 Å². The van der Waals surface area contributed by atoms with Gasteiger partial charge in [0.15, 0.2) is 0 Å². The summed E-state index contributed by atoms with van der Waals surface area (Å²) in [7, 11) is 0. The lowest BCUT2D eigenvalue weighted by atomic mass is 10.2. The summed E-state index contributed by atoms with van der Waals surface area (Å²) < 4.78 is 0. The molecule has 96 valence electrons. The number of piperazine rings is 1. The lowest BCUT2D eigenvalue weighted by Crippen LogP contribution is -2.50. The van der Waals surface area contributed by atoms with Crippen LogP contribution in [-0.2, 0) is 4.79 Å². The van der Waals surface area contributed by atoms with Crippen molar-refractivity contribution in [1.29, 1.82) is 0 Å². The standard InChI is InChI=1S/C11H20N4O2/c1-8(2)13-10(16)7-14-6-9-5-12-3-4-15(9)11(14)17/h8-9,12H,3-7H2,1-2H3,(H,13,16). The zero-order valence-electron chi connectivity index (χ0n) is 10.4. The maximum atomic E-state index is 12.0. The van der Waals surface area contributed by atoms with Crippen molar-refractivity contribution in [2.24, 2.45) is 0 Å². The van der Waals surface area contributed by atoms with Crippen molar-refractivity contribution in [1.82, 2.24) is 20.4 Å². The normalized spacial score (nSPS) is 24.2. The summed E-state index contributed by atoms with van der Waals surface area (Å²) in [5, 5.41) is 6.07. The Kier molecular flexibility index (Phi) is 3.51. The number of carbonyl (C=O) groups excluding carboxylic acids is 2. The van der Waals surface area contributed by atoms with E-state index in [1.807, 2.05) is 18.7 Å². The maximum Gasteiger partial charge on any atom is 0.320 e. The van der Waals surface area contributed by atoms with E-state index in [-0.39, 0.29) is 30.6 Å². The Morgan fingerprint density at radius 3 is 3.00 bits per heavy atom. The molecule has 17 heavy (non-hydrogen) atoms. The number of hydrogen-bond donors (Lipinski definition) is 2. The highest BCUT2D eigenvalue weighted by molar-refractivity contribution is 5.85. The molecule has 0 aliphatic carbocycles. The van der Waals surface area contributed by atoms with Crippen molar-refractivity contribution in [2.75, 3.05) is 32.7 Å². The Hall–Kier alpha value is -1.30. The molecule has 2 rings (SSSR count). The summed E-state index contributed by atoms with van der Waals surface area (Å²) in [6, 6.07) is 0.336. The Morgan fingerprint density at radius 2 is 2.35 bits per heavy atom. The molecular weight excluding hydrogens is 220 g/mol. The van der Waals surface area contributed by atoms with Gasteiger partial charge in [0.25, 0.3) is 0 Å². The average molecular weight is 240 g/mol. The third-order valence-electron chi connectivity index (χ3n) is 3.08. The van der Waals surface area contributed by atoms with Crippen LogP contribution in [0.1, 0.15) is 13.8 Å². The van der Waals surface area contributed by atoms with E-state index in [4.69, 9.17) is 0 Å². The van der Waals surface area contributed by atoms with Gasteiger partial charge >= 0.3 is 6.03 Å². The van der Waals surface area contributed by atoms with Crippen LogP contribution in [-0.4, -0.2) is 66.5 Å². The second-order valence-electron chi connectivity index (χ2n) is 4.94. The number of nitrogens with one attached hydrogen (secondary N) is 2. The van der Waals surface area contributed by atoms with Crippen molar-refractivity contribution in [3.8, 4) is 0 Å². The fourth-order valence-electron chi connectivity index (χ4n) is 2.36. The first-order valence-corrected chi connectivity index (χ1v) is 6.13. The molecule has 2 aliphatic rings. The molecule has 0 spiro atoms. The number of nitrogens with zero attached hydrogens (tertiary/aromatic N) is 2. The van der Waals surface area contributed by atoms with Gasteiger partial charge in [-0.1, -0.05) is 0 Å². The third kappa shape index (κ3) is 2.69. The van der Waals surface area contributed by atoms with Gasteiger partial charge < -0.3 is 20.4 Å². The Balaban J connectivity index is 1.90. The van der Waals surface area contributed by atoms with Crippen LogP contribution in [0.2, 0.25) is 0 Å². The molecule has 2 fully saturated rings. The highest BCUT2D eigenvalue weighted by Gasteiger charge is 2.38. The van der Waals surface area contributed by atoms with Crippen LogP contribution >= 0.6 is 0 Å². The van der Waals surface area contributed by atoms with Gasteiger partial charge in [-0.3, -0.25) is 4.79 Å². The maximum absolute atomic E-state index is 12.0. The number of fused-ring (bicyclic) bond motifs is 1. The predicted molar refractivity (Wildman–Crippen MR) is 63.6 cm³/mol. The molecule has 0 saturated carbocycles. The minimum atomic E-state index is -0.0823. The SMILES string of the molecule is CC(C)NC(=O)CN1CC2CNCCN2C1=O. The fraction of sp³-hybridized carbons (Fsp3) is 0.818. The molecule has 2 heterocycles. The number of carbonyl (C=O) groups is 2. The fourth-order valence-corrected chi connectivity index (χ4v) is 2.36. The van der Waals surface area contributed by atoms with Crippen LogP contribution < -0.4 is 10.6 Å². The summed E-state index contributed by atoms with van der Waals surface area (Å²) in [6.45, 7) is 7.06. The predicted octanol–water partition coefficient (Wildman–Crippen LogP) is -0.780. The zero-order valence-corrected chi connectivity index (χ0v) is 10.4. The van der Waals surface area contributed by atoms with Gasteiger partial charge in [0.1, 0.15) is 6.54 Å². The Labute approximate surface area is 101 Å². The minimum absolute atomic E-state index is 0.00425. The molecule has 2 aliphatic heterocycles. The molecule has 0 aromatic carbocycles. The molecule has 3 amide bonds. The van der Waals surface area contributed by atoms with E-state index in [0.717, 1.165) is 19.6 Å². The highest BCUT2D eigenvalue weighted by atomic mass is 16.2. The topological polar surface area (TPSA) is 64.7 Å². The van der Waals surface area contributed by atoms with Gasteiger partial charge in [0, 0.05) is 32.2 Å². The summed E-state index contributed by atoms with van der Waals surface area (Å²) >= 11 is 0. The molecule has 1 unspecified atom stereocenters. The van der Waals surface area contributed by atoms with Gasteiger partial charge in [0.2, 0.25) is 5.91 Å². The van der Waals surface area contributed by atoms with Crippen LogP contribution in [0, 0.1) is 0 Å². The quantitative estimate of drug-likeness (QED) is 0.680. The van der Waals surface area contributed by atoms with Gasteiger partial charge in [-0.15, -0.1) is 0 Å². The Morgan fingerprint density at radius 1 is 1.59 bits per heavy atom. The molecular formula is C11H20N4O2. The number of urea groups is 1. The van der Waals surface area contributed by atoms with Crippen LogP contribution in [0.25, 0.3) is 0 Å². The van der Waals surface area contributed by atoms with Gasteiger partial charge in [-0.2, -0.15) is 0 Å². The molecule has 0 bridgehead atoms. The second-order valence-corrected chi connectivity index (χ2v) is 4.94. The van der Waals surface area contributed by atoms with Crippen LogP contribution in [0.3, 0.4) is 0 Å². The van der Waals surface area contributed by atoms with Crippen molar-refractivity contribution >= 4 is 11.9 Å². The van der Waals surface area contributed by atoms with E-state index < -0.39 is 0 Å². The lowest BCUT2D eigenvalue weighted by molar-refractivity contribution is -0.122. The number of rotatable bonds is 3. The van der Waals surface area contributed by atoms with Crippen LogP contribution in [0.4, 0.5) is 4.79 Å². The molecule has 0 radical (unpaired) electrons. The van der Waals surface area contributed by atoms with Crippen molar-refractivity contribution in [2.45, 2.75) is 25.9 Å². The molecule has 0 aromatic rings. The third-order valence-corrected chi connectivity index (χ3v) is 3.08. The average Bonchev–Trinajstić information content (AvgIpc) is 2.55. The first-order chi connectivity index (χ1) is 8.08. The molecule has 2 N–H and O–H groups in total. The molecule has 1 atom stereocenters. The largest absolute Gasteiger partial charge is 0.352 e. The first-order valence-electron chi connectivity index (χ1n) is 6.13. The zero-order chi connectivity index (χ0) is 12.4. The minimum Gasteiger partial charge on any atom is -0.352 e. The van der Waals surface area contributed by atoms with Crippen molar-refractivity contribution in [3.05, 3.63) is 0 Å². The highest BCUT2D eigenvalue weighted by Crippen LogP contribution is 2.16. The van der Waals surface area contributed by atoms with E-state index in [1.54, 1.807) is 4.90 Å². The smallest absolute Gasteiger partial charge is 0.320 e. The monoisotopic (exact) mass is 240 g/mol. The summed E-state index contributed by atoms with van der Waals surface area (Å²) in [5.74, 6) is -0.0823. The van der Waals surface area contributed by atoms with Crippen LogP contribution in [0.15, 0.2) is 0 Å². The molecule has 6 nitrogen and oxygen atoms in total. The molecule has 6 heteroatoms. The summed E-state index contributed by atoms with van der Waals surface area (Å²) in [4.78, 5) is 27.1. The summed E-state index contributed by atoms with van der Waals surface area (Å²) in [5.41, 5.74) is 0. The van der Waals surface area contributed by atoms with E-state index in [2.05, 4.69) is 10.6 Å². The van der Waals surface area contributed by atoms with Crippen molar-refractivity contribution < 1.29 is 9.59 Å². The van der Waals surface area contributed by atoms with Crippen molar-refractivity contribution in [3.63, 3.8) is 0 Å². The van der Waals surface area contributed by atoms with Gasteiger partial charge in [0.05, 0.1) is 6.04 Å². The number of amides is 3. The van der Waals surface area contributed by atoms with Gasteiger partial charge in [-0.25, -0.2) is 4.79 Å². The Bertz CT molecular complexity index is 319. The second kappa shape index (κ2) is 4.91. The van der Waals surface area contributed by atoms with E-state index in [1.165, 1.54) is 0 Å². The number of hydrogen-bond acceptors (Lipinski definition) is 3. The lowest BCUT2D eigenvalue weighted by Gasteiger charge is -2.28. The molecule has 0 aromatic heterocycles. The summed E-state index contributed by atoms with van der Waals surface area (Å²) in [6.07, 6.45) is 0. The van der Waals surface area contributed by atoms with E-state index in [9.17, 15) is 9.59 Å². The van der Waals surface area contributed by atoms with Crippen LogP contribution in [0.5, 0.6) is 0 Å². The van der Waals surface area contributed by atoms with Gasteiger partial charge in [-0.05, 0) is 13.8 Å².